The summed E-state index contributed by atoms with van der Waals surface area (Å²) in [5, 5.41) is 4.25. The summed E-state index contributed by atoms with van der Waals surface area (Å²) in [6.07, 6.45) is 5.00. The minimum absolute atomic E-state index is 0.233. The molecule has 0 bridgehead atoms. The second kappa shape index (κ2) is 4.92. The number of ether oxygens (including phenoxy) is 1. The zero-order valence-electron chi connectivity index (χ0n) is 12.9. The summed E-state index contributed by atoms with van der Waals surface area (Å²) in [5.74, 6) is 1.61. The average Bonchev–Trinajstić information content (AvgIpc) is 2.98. The molecule has 3 aliphatic rings. The Morgan fingerprint density at radius 1 is 1.39 bits per heavy atom. The van der Waals surface area contributed by atoms with Crippen molar-refractivity contribution >= 4 is 17.2 Å². The van der Waals surface area contributed by atoms with E-state index in [1.165, 1.54) is 5.56 Å². The Balaban J connectivity index is 1.42. The van der Waals surface area contributed by atoms with Crippen molar-refractivity contribution in [1.29, 1.82) is 0 Å². The van der Waals surface area contributed by atoms with Crippen molar-refractivity contribution in [2.75, 3.05) is 13.1 Å². The molecule has 2 aromatic rings. The molecule has 0 N–H and O–H groups in total. The Bertz CT molecular complexity index is 750. The fourth-order valence-electron chi connectivity index (χ4n) is 3.77. The van der Waals surface area contributed by atoms with Gasteiger partial charge in [0.15, 0.2) is 0 Å². The highest BCUT2D eigenvalue weighted by Crippen LogP contribution is 2.38. The Morgan fingerprint density at radius 3 is 3.09 bits per heavy atom. The summed E-state index contributed by atoms with van der Waals surface area (Å²) >= 11 is 1.70. The van der Waals surface area contributed by atoms with E-state index in [9.17, 15) is 4.79 Å². The third-order valence-corrected chi connectivity index (χ3v) is 5.95. The maximum Gasteiger partial charge on any atom is 0.225 e. The number of hydrogen-bond donors (Lipinski definition) is 0. The summed E-state index contributed by atoms with van der Waals surface area (Å²) in [5.41, 5.74) is 2.15. The molecule has 1 saturated heterocycles. The van der Waals surface area contributed by atoms with Crippen LogP contribution >= 0.6 is 11.3 Å². The van der Waals surface area contributed by atoms with Gasteiger partial charge in [0.2, 0.25) is 5.91 Å². The molecular weight excluding hydrogens is 310 g/mol. The van der Waals surface area contributed by atoms with Crippen LogP contribution in [0.25, 0.3) is 11.3 Å². The fraction of sp³-hybridized carbons (Fsp3) is 0.529. The molecular formula is C17H19N3O2S. The Morgan fingerprint density at radius 2 is 2.30 bits per heavy atom. The SMILES string of the molecule is O=C(C1CC1)N1CCC2(C1)Cn1c(-c3ccsc3)cnc1CO2. The quantitative estimate of drug-likeness (QED) is 0.850. The largest absolute Gasteiger partial charge is 0.363 e. The number of fused-ring (bicyclic) bond motifs is 1. The third kappa shape index (κ3) is 2.23. The van der Waals surface area contributed by atoms with E-state index in [1.807, 2.05) is 11.1 Å². The highest BCUT2D eigenvalue weighted by atomic mass is 32.1. The number of likely N-dealkylation sites (tertiary alicyclic amines) is 1. The minimum atomic E-state index is -0.233. The predicted octanol–water partition coefficient (Wildman–Crippen LogP) is 2.52. The lowest BCUT2D eigenvalue weighted by atomic mass is 10.0. The second-order valence-electron chi connectivity index (χ2n) is 6.91. The lowest BCUT2D eigenvalue weighted by molar-refractivity contribution is -0.134. The normalized spacial score (nSPS) is 26.7. The zero-order chi connectivity index (χ0) is 15.4. The van der Waals surface area contributed by atoms with E-state index in [0.29, 0.717) is 18.4 Å². The number of nitrogens with zero attached hydrogens (tertiary/aromatic N) is 3. The van der Waals surface area contributed by atoms with Gasteiger partial charge in [-0.3, -0.25) is 4.79 Å². The molecule has 1 spiro atoms. The van der Waals surface area contributed by atoms with E-state index in [4.69, 9.17) is 4.74 Å². The van der Waals surface area contributed by atoms with Crippen LogP contribution in [0.3, 0.4) is 0 Å². The molecule has 6 heteroatoms. The van der Waals surface area contributed by atoms with Gasteiger partial charge in [-0.15, -0.1) is 0 Å². The molecule has 2 aromatic heterocycles. The summed E-state index contributed by atoms with van der Waals surface area (Å²) in [4.78, 5) is 18.9. The van der Waals surface area contributed by atoms with Crippen LogP contribution in [0.5, 0.6) is 0 Å². The van der Waals surface area contributed by atoms with Crippen molar-refractivity contribution in [2.45, 2.75) is 38.0 Å². The van der Waals surface area contributed by atoms with Gasteiger partial charge in [-0.2, -0.15) is 11.3 Å². The Hall–Kier alpha value is -1.66. The van der Waals surface area contributed by atoms with Crippen LogP contribution in [0, 0.1) is 5.92 Å². The van der Waals surface area contributed by atoms with Crippen molar-refractivity contribution in [3.05, 3.63) is 28.8 Å². The first-order valence-electron chi connectivity index (χ1n) is 8.24. The molecule has 120 valence electrons. The lowest BCUT2D eigenvalue weighted by Crippen LogP contribution is -2.45. The van der Waals surface area contributed by atoms with Crippen molar-refractivity contribution in [2.24, 2.45) is 5.92 Å². The average molecular weight is 329 g/mol. The van der Waals surface area contributed by atoms with Gasteiger partial charge < -0.3 is 14.2 Å². The molecule has 2 aliphatic heterocycles. The number of thiophene rings is 1. The highest BCUT2D eigenvalue weighted by molar-refractivity contribution is 7.08. The van der Waals surface area contributed by atoms with Gasteiger partial charge in [-0.1, -0.05) is 0 Å². The molecule has 5 rings (SSSR count). The van der Waals surface area contributed by atoms with E-state index < -0.39 is 0 Å². The topological polar surface area (TPSA) is 47.4 Å². The van der Waals surface area contributed by atoms with Crippen molar-refractivity contribution < 1.29 is 9.53 Å². The first kappa shape index (κ1) is 13.7. The molecule has 0 aromatic carbocycles. The second-order valence-corrected chi connectivity index (χ2v) is 7.69. The van der Waals surface area contributed by atoms with Crippen LogP contribution in [0.15, 0.2) is 23.0 Å². The van der Waals surface area contributed by atoms with Crippen molar-refractivity contribution in [1.82, 2.24) is 14.5 Å². The van der Waals surface area contributed by atoms with E-state index >= 15 is 0 Å². The zero-order valence-corrected chi connectivity index (χ0v) is 13.7. The van der Waals surface area contributed by atoms with Gasteiger partial charge in [0, 0.05) is 23.4 Å². The lowest BCUT2D eigenvalue weighted by Gasteiger charge is -2.35. The smallest absolute Gasteiger partial charge is 0.225 e. The maximum atomic E-state index is 12.3. The molecule has 23 heavy (non-hydrogen) atoms. The number of amides is 1. The van der Waals surface area contributed by atoms with E-state index in [0.717, 1.165) is 50.4 Å². The molecule has 1 atom stereocenters. The molecule has 1 aliphatic carbocycles. The van der Waals surface area contributed by atoms with Gasteiger partial charge in [0.25, 0.3) is 0 Å². The third-order valence-electron chi connectivity index (χ3n) is 5.26. The van der Waals surface area contributed by atoms with Crippen LogP contribution < -0.4 is 0 Å². The first-order valence-corrected chi connectivity index (χ1v) is 9.18. The van der Waals surface area contributed by atoms with Gasteiger partial charge in [0.05, 0.1) is 25.0 Å². The molecule has 1 amide bonds. The van der Waals surface area contributed by atoms with Gasteiger partial charge in [-0.05, 0) is 30.7 Å². The summed E-state index contributed by atoms with van der Waals surface area (Å²) in [7, 11) is 0. The summed E-state index contributed by atoms with van der Waals surface area (Å²) in [6, 6.07) is 2.13. The van der Waals surface area contributed by atoms with Crippen LogP contribution in [0.4, 0.5) is 0 Å². The number of rotatable bonds is 2. The van der Waals surface area contributed by atoms with Crippen LogP contribution in [-0.2, 0) is 22.7 Å². The van der Waals surface area contributed by atoms with Crippen LogP contribution in [0.2, 0.25) is 0 Å². The minimum Gasteiger partial charge on any atom is -0.363 e. The molecule has 4 heterocycles. The van der Waals surface area contributed by atoms with Crippen molar-refractivity contribution in [3.63, 3.8) is 0 Å². The highest BCUT2D eigenvalue weighted by Gasteiger charge is 2.46. The van der Waals surface area contributed by atoms with Crippen molar-refractivity contribution in [3.8, 4) is 11.3 Å². The first-order chi connectivity index (χ1) is 11.2. The molecule has 0 radical (unpaired) electrons. The van der Waals surface area contributed by atoms with E-state index in [-0.39, 0.29) is 5.60 Å². The number of carbonyl (C=O) groups excluding carboxylic acids is 1. The Kier molecular flexibility index (Phi) is 2.94. The molecule has 5 nitrogen and oxygen atoms in total. The molecule has 1 saturated carbocycles. The number of carbonyl (C=O) groups is 1. The maximum absolute atomic E-state index is 12.3. The molecule has 1 unspecified atom stereocenters. The number of aromatic nitrogens is 2. The fourth-order valence-corrected chi connectivity index (χ4v) is 4.42. The van der Waals surface area contributed by atoms with Gasteiger partial charge in [-0.25, -0.2) is 4.98 Å². The van der Waals surface area contributed by atoms with Gasteiger partial charge >= 0.3 is 0 Å². The van der Waals surface area contributed by atoms with E-state index in [2.05, 4.69) is 26.4 Å². The standard InChI is InChI=1S/C17H19N3O2S/c21-16(12-1-2-12)19-5-4-17(10-19)11-20-14(13-3-6-23-9-13)7-18-15(20)8-22-17/h3,6-7,9,12H,1-2,4-5,8,10-11H2. The Labute approximate surface area is 138 Å². The van der Waals surface area contributed by atoms with Gasteiger partial charge in [0.1, 0.15) is 18.0 Å². The molecule has 2 fully saturated rings. The van der Waals surface area contributed by atoms with Crippen LogP contribution in [0.1, 0.15) is 25.1 Å². The number of imidazole rings is 1. The van der Waals surface area contributed by atoms with E-state index in [1.54, 1.807) is 11.3 Å². The number of hydrogen-bond acceptors (Lipinski definition) is 4. The summed E-state index contributed by atoms with van der Waals surface area (Å²) < 4.78 is 8.48. The monoisotopic (exact) mass is 329 g/mol. The predicted molar refractivity (Wildman–Crippen MR) is 87.0 cm³/mol. The summed E-state index contributed by atoms with van der Waals surface area (Å²) in [6.45, 7) is 2.88. The van der Waals surface area contributed by atoms with Crippen LogP contribution in [-0.4, -0.2) is 39.0 Å².